The van der Waals surface area contributed by atoms with Crippen molar-refractivity contribution in [3.63, 3.8) is 0 Å². The van der Waals surface area contributed by atoms with E-state index in [1.807, 2.05) is 0 Å². The van der Waals surface area contributed by atoms with Crippen molar-refractivity contribution in [3.05, 3.63) is 84.7 Å². The SMILES string of the molecule is C1=CP([Se]c2ccccc2)N2C=CP([Se]c3ccccc3)N12. The Morgan fingerprint density at radius 2 is 1.00 bits per heavy atom. The minimum atomic E-state index is -0.182. The molecule has 2 unspecified atom stereocenters. The first-order valence-corrected chi connectivity index (χ1v) is 15.8. The Kier molecular flexibility index (Phi) is 4.69. The zero-order valence-corrected chi connectivity index (χ0v) is 16.9. The third-order valence-electron chi connectivity index (χ3n) is 3.15. The van der Waals surface area contributed by atoms with Gasteiger partial charge in [0.2, 0.25) is 0 Å². The predicted octanol–water partition coefficient (Wildman–Crippen LogP) is 3.16. The first-order valence-electron chi connectivity index (χ1n) is 6.89. The summed E-state index contributed by atoms with van der Waals surface area (Å²) in [6.45, 7) is -0.365. The molecular formula is C16H14N2P2Se2. The first-order chi connectivity index (χ1) is 10.9. The van der Waals surface area contributed by atoms with Gasteiger partial charge in [0.25, 0.3) is 0 Å². The molecule has 2 heterocycles. The molecule has 0 bridgehead atoms. The second kappa shape index (κ2) is 6.89. The van der Waals surface area contributed by atoms with Crippen LogP contribution in [0.4, 0.5) is 0 Å². The Morgan fingerprint density at radius 3 is 1.41 bits per heavy atom. The van der Waals surface area contributed by atoms with Gasteiger partial charge >= 0.3 is 146 Å². The second-order valence-corrected chi connectivity index (χ2v) is 16.6. The molecule has 2 aliphatic rings. The van der Waals surface area contributed by atoms with E-state index in [0.717, 1.165) is 0 Å². The summed E-state index contributed by atoms with van der Waals surface area (Å²) in [7, 11) is 0. The van der Waals surface area contributed by atoms with Crippen LogP contribution in [0.2, 0.25) is 0 Å². The van der Waals surface area contributed by atoms with Gasteiger partial charge in [-0.05, 0) is 0 Å². The molecule has 0 fully saturated rings. The Bertz CT molecular complexity index is 632. The molecule has 0 saturated heterocycles. The van der Waals surface area contributed by atoms with Crippen LogP contribution in [-0.4, -0.2) is 38.6 Å². The molecule has 6 heteroatoms. The number of nitrogens with zero attached hydrogens (tertiary/aromatic N) is 2. The van der Waals surface area contributed by atoms with Crippen molar-refractivity contribution >= 4 is 51.5 Å². The Balaban J connectivity index is 1.44. The average molecular weight is 454 g/mol. The van der Waals surface area contributed by atoms with Gasteiger partial charge in [0.05, 0.1) is 0 Å². The molecule has 0 radical (unpaired) electrons. The van der Waals surface area contributed by atoms with Gasteiger partial charge < -0.3 is 0 Å². The maximum atomic E-state index is 2.50. The maximum absolute atomic E-state index is 2.50. The summed E-state index contributed by atoms with van der Waals surface area (Å²) >= 11 is 1.02. The van der Waals surface area contributed by atoms with Crippen LogP contribution in [0.3, 0.4) is 0 Å². The zero-order chi connectivity index (χ0) is 14.8. The standard InChI is InChI=1S/C16H14N2P2Se2/c1-3-7-15(8-4-1)21-19-13-11-18-17(19)12-14-20(18)22-16-9-5-2-6-10-16/h1-14H. The summed E-state index contributed by atoms with van der Waals surface area (Å²) in [5, 5.41) is 0. The minimum absolute atomic E-state index is 0.182. The molecule has 2 atom stereocenters. The number of fused-ring (bicyclic) bond motifs is 1. The third kappa shape index (κ3) is 3.19. The molecule has 22 heavy (non-hydrogen) atoms. The number of benzene rings is 2. The van der Waals surface area contributed by atoms with Crippen LogP contribution in [0.1, 0.15) is 0 Å². The third-order valence-corrected chi connectivity index (χ3v) is 16.1. The Hall–Kier alpha value is -0.581. The molecule has 0 amide bonds. The molecule has 2 aromatic carbocycles. The molecule has 0 spiro atoms. The molecule has 2 aliphatic heterocycles. The summed E-state index contributed by atoms with van der Waals surface area (Å²) in [5.41, 5.74) is 0. The van der Waals surface area contributed by atoms with Crippen molar-refractivity contribution in [2.24, 2.45) is 0 Å². The van der Waals surface area contributed by atoms with E-state index in [-0.39, 0.29) is 13.5 Å². The van der Waals surface area contributed by atoms with E-state index in [9.17, 15) is 0 Å². The molecule has 0 aliphatic carbocycles. The fourth-order valence-electron chi connectivity index (χ4n) is 2.14. The summed E-state index contributed by atoms with van der Waals surface area (Å²) in [6, 6.07) is 21.8. The van der Waals surface area contributed by atoms with Crippen molar-refractivity contribution in [1.82, 2.24) is 9.56 Å². The van der Waals surface area contributed by atoms with Gasteiger partial charge in [-0.25, -0.2) is 0 Å². The van der Waals surface area contributed by atoms with Crippen LogP contribution >= 0.6 is 13.5 Å². The Morgan fingerprint density at radius 1 is 0.591 bits per heavy atom. The second-order valence-electron chi connectivity index (χ2n) is 4.65. The van der Waals surface area contributed by atoms with Gasteiger partial charge in [0.1, 0.15) is 0 Å². The van der Waals surface area contributed by atoms with Crippen LogP contribution in [-0.2, 0) is 0 Å². The van der Waals surface area contributed by atoms with E-state index in [4.69, 9.17) is 0 Å². The molecule has 2 aromatic rings. The van der Waals surface area contributed by atoms with Crippen LogP contribution < -0.4 is 8.92 Å². The van der Waals surface area contributed by atoms with E-state index in [1.54, 1.807) is 0 Å². The summed E-state index contributed by atoms with van der Waals surface area (Å²) in [4.78, 5) is 0. The van der Waals surface area contributed by atoms with E-state index < -0.39 is 0 Å². The van der Waals surface area contributed by atoms with Crippen molar-refractivity contribution in [1.29, 1.82) is 0 Å². The van der Waals surface area contributed by atoms with E-state index in [2.05, 4.69) is 94.3 Å². The topological polar surface area (TPSA) is 6.48 Å². The Labute approximate surface area is 145 Å². The quantitative estimate of drug-likeness (QED) is 0.518. The molecule has 2 nitrogen and oxygen atoms in total. The summed E-state index contributed by atoms with van der Waals surface area (Å²) < 4.78 is 7.98. The average Bonchev–Trinajstić information content (AvgIpc) is 3.14. The molecule has 110 valence electrons. The summed E-state index contributed by atoms with van der Waals surface area (Å²) in [5.74, 6) is 4.87. The van der Waals surface area contributed by atoms with Gasteiger partial charge in [0, 0.05) is 0 Å². The molecule has 0 saturated carbocycles. The van der Waals surface area contributed by atoms with Gasteiger partial charge in [-0.1, -0.05) is 0 Å². The van der Waals surface area contributed by atoms with Crippen molar-refractivity contribution in [2.45, 2.75) is 0 Å². The molecule has 4 rings (SSSR count). The molecule has 0 N–H and O–H groups in total. The molecular weight excluding hydrogens is 440 g/mol. The molecule has 0 aromatic heterocycles. The normalized spacial score (nSPS) is 22.4. The van der Waals surface area contributed by atoms with Crippen LogP contribution in [0.5, 0.6) is 0 Å². The number of hydrogen-bond acceptors (Lipinski definition) is 2. The number of rotatable bonds is 4. The van der Waals surface area contributed by atoms with E-state index in [1.165, 1.54) is 8.92 Å². The van der Waals surface area contributed by atoms with Crippen molar-refractivity contribution in [2.75, 3.05) is 0 Å². The van der Waals surface area contributed by atoms with Crippen LogP contribution in [0, 0.1) is 0 Å². The van der Waals surface area contributed by atoms with Gasteiger partial charge in [-0.2, -0.15) is 0 Å². The fraction of sp³-hybridized carbons (Fsp3) is 0. The predicted molar refractivity (Wildman–Crippen MR) is 99.5 cm³/mol. The fourth-order valence-corrected chi connectivity index (χ4v) is 15.3. The number of hydrazine groups is 1. The van der Waals surface area contributed by atoms with Crippen LogP contribution in [0.15, 0.2) is 84.7 Å². The van der Waals surface area contributed by atoms with Gasteiger partial charge in [-0.15, -0.1) is 0 Å². The van der Waals surface area contributed by atoms with Gasteiger partial charge in [0.15, 0.2) is 0 Å². The van der Waals surface area contributed by atoms with Crippen molar-refractivity contribution in [3.8, 4) is 0 Å². The summed E-state index contributed by atoms with van der Waals surface area (Å²) in [6.07, 6.45) is 4.65. The van der Waals surface area contributed by atoms with Crippen LogP contribution in [0.25, 0.3) is 0 Å². The zero-order valence-electron chi connectivity index (χ0n) is 11.7. The van der Waals surface area contributed by atoms with Crippen molar-refractivity contribution < 1.29 is 0 Å². The first kappa shape index (κ1) is 15.0. The van der Waals surface area contributed by atoms with E-state index >= 15 is 0 Å². The van der Waals surface area contributed by atoms with E-state index in [0.29, 0.717) is 29.0 Å². The monoisotopic (exact) mass is 456 g/mol. The van der Waals surface area contributed by atoms with Gasteiger partial charge in [-0.3, -0.25) is 0 Å². The number of hydrogen-bond donors (Lipinski definition) is 0.